The van der Waals surface area contributed by atoms with Gasteiger partial charge in [-0.1, -0.05) is 86.0 Å². The Labute approximate surface area is 185 Å². The van der Waals surface area contributed by atoms with Crippen molar-refractivity contribution in [2.75, 3.05) is 6.54 Å². The molecule has 0 saturated heterocycles. The van der Waals surface area contributed by atoms with Gasteiger partial charge in [-0.05, 0) is 53.1 Å². The van der Waals surface area contributed by atoms with E-state index in [0.29, 0.717) is 5.56 Å². The van der Waals surface area contributed by atoms with Crippen LogP contribution in [-0.2, 0) is 13.1 Å². The van der Waals surface area contributed by atoms with Crippen LogP contribution in [0, 0.1) is 5.92 Å². The molecule has 160 valence electrons. The third kappa shape index (κ3) is 5.83. The molecule has 31 heavy (non-hydrogen) atoms. The molecule has 0 radical (unpaired) electrons. The first-order valence-electron chi connectivity index (χ1n) is 11.4. The number of nitrogens with zero attached hydrogens (tertiary/aromatic N) is 1. The fraction of sp³-hybridized carbons (Fsp3) is 0.321. The van der Waals surface area contributed by atoms with Gasteiger partial charge < -0.3 is 5.11 Å². The summed E-state index contributed by atoms with van der Waals surface area (Å²) in [5, 5.41) is 9.21. The minimum Gasteiger partial charge on any atom is -0.478 e. The molecular formula is C28H31NO2. The molecule has 3 heteroatoms. The Kier molecular flexibility index (Phi) is 7.16. The summed E-state index contributed by atoms with van der Waals surface area (Å²) < 4.78 is 0. The standard InChI is InChI=1S/C28H31NO2/c30-28(31)25-17-15-24(16-18-25)27-14-8-7-13-26(27)21-29(19-22-9-3-1-4-10-22)20-23-11-5-2-6-12-23/h1,3-4,7-10,13-18,23H,2,5-6,11-12,19-21H2,(H,30,31). The summed E-state index contributed by atoms with van der Waals surface area (Å²) in [7, 11) is 0. The quantitative estimate of drug-likeness (QED) is 0.450. The Balaban J connectivity index is 1.57. The van der Waals surface area contributed by atoms with E-state index in [0.717, 1.165) is 31.1 Å². The lowest BCUT2D eigenvalue weighted by molar-refractivity contribution is 0.0697. The van der Waals surface area contributed by atoms with Gasteiger partial charge in [-0.3, -0.25) is 4.90 Å². The number of carboxylic acid groups (broad SMARTS) is 1. The molecule has 3 aromatic rings. The van der Waals surface area contributed by atoms with E-state index in [1.54, 1.807) is 12.1 Å². The van der Waals surface area contributed by atoms with E-state index in [4.69, 9.17) is 0 Å². The molecule has 0 unspecified atom stereocenters. The van der Waals surface area contributed by atoms with E-state index >= 15 is 0 Å². The first kappa shape index (κ1) is 21.3. The predicted octanol–water partition coefficient (Wildman–Crippen LogP) is 6.63. The molecule has 3 nitrogen and oxygen atoms in total. The normalized spacial score (nSPS) is 14.6. The largest absolute Gasteiger partial charge is 0.478 e. The maximum absolute atomic E-state index is 11.2. The highest BCUT2D eigenvalue weighted by molar-refractivity contribution is 5.88. The smallest absolute Gasteiger partial charge is 0.335 e. The molecule has 0 aromatic heterocycles. The molecule has 0 aliphatic heterocycles. The number of hydrogen-bond acceptors (Lipinski definition) is 2. The number of benzene rings is 3. The van der Waals surface area contributed by atoms with Gasteiger partial charge in [0.15, 0.2) is 0 Å². The van der Waals surface area contributed by atoms with Crippen molar-refractivity contribution in [3.05, 3.63) is 95.6 Å². The lowest BCUT2D eigenvalue weighted by atomic mass is 9.88. The molecule has 0 amide bonds. The van der Waals surface area contributed by atoms with Gasteiger partial charge in [0.05, 0.1) is 5.56 Å². The van der Waals surface area contributed by atoms with Crippen molar-refractivity contribution >= 4 is 5.97 Å². The summed E-state index contributed by atoms with van der Waals surface area (Å²) >= 11 is 0. The van der Waals surface area contributed by atoms with Crippen molar-refractivity contribution in [3.63, 3.8) is 0 Å². The number of carbonyl (C=O) groups is 1. The van der Waals surface area contributed by atoms with Crippen molar-refractivity contribution in [1.82, 2.24) is 4.90 Å². The molecule has 1 aliphatic carbocycles. The average Bonchev–Trinajstić information content (AvgIpc) is 2.81. The molecule has 4 rings (SSSR count). The zero-order chi connectivity index (χ0) is 21.5. The second kappa shape index (κ2) is 10.4. The Bertz CT molecular complexity index is 975. The summed E-state index contributed by atoms with van der Waals surface area (Å²) in [6.07, 6.45) is 6.77. The van der Waals surface area contributed by atoms with Crippen molar-refractivity contribution in [2.24, 2.45) is 5.92 Å². The van der Waals surface area contributed by atoms with Gasteiger partial charge in [-0.2, -0.15) is 0 Å². The highest BCUT2D eigenvalue weighted by Gasteiger charge is 2.19. The first-order valence-corrected chi connectivity index (χ1v) is 11.4. The van der Waals surface area contributed by atoms with Crippen LogP contribution in [0.25, 0.3) is 11.1 Å². The lowest BCUT2D eigenvalue weighted by Crippen LogP contribution is -2.30. The van der Waals surface area contributed by atoms with Gasteiger partial charge in [0, 0.05) is 19.6 Å². The number of rotatable bonds is 8. The third-order valence-corrected chi connectivity index (χ3v) is 6.34. The van der Waals surface area contributed by atoms with Gasteiger partial charge >= 0.3 is 5.97 Å². The van der Waals surface area contributed by atoms with Gasteiger partial charge in [0.1, 0.15) is 0 Å². The topological polar surface area (TPSA) is 40.5 Å². The summed E-state index contributed by atoms with van der Waals surface area (Å²) in [6.45, 7) is 2.97. The fourth-order valence-electron chi connectivity index (χ4n) is 4.73. The van der Waals surface area contributed by atoms with Crippen LogP contribution < -0.4 is 0 Å². The fourth-order valence-corrected chi connectivity index (χ4v) is 4.73. The Morgan fingerprint density at radius 3 is 2.19 bits per heavy atom. The maximum Gasteiger partial charge on any atom is 0.335 e. The molecule has 1 fully saturated rings. The molecule has 0 heterocycles. The van der Waals surface area contributed by atoms with E-state index in [1.807, 2.05) is 12.1 Å². The van der Waals surface area contributed by atoms with Crippen LogP contribution >= 0.6 is 0 Å². The molecular weight excluding hydrogens is 382 g/mol. The van der Waals surface area contributed by atoms with Crippen LogP contribution in [-0.4, -0.2) is 22.5 Å². The Morgan fingerprint density at radius 1 is 0.806 bits per heavy atom. The molecule has 1 saturated carbocycles. The van der Waals surface area contributed by atoms with Gasteiger partial charge in [0.25, 0.3) is 0 Å². The Hall–Kier alpha value is -2.91. The van der Waals surface area contributed by atoms with E-state index in [9.17, 15) is 9.90 Å². The van der Waals surface area contributed by atoms with Crippen LogP contribution in [0.1, 0.15) is 53.6 Å². The Morgan fingerprint density at radius 2 is 1.48 bits per heavy atom. The van der Waals surface area contributed by atoms with E-state index in [-0.39, 0.29) is 0 Å². The zero-order valence-electron chi connectivity index (χ0n) is 18.0. The summed E-state index contributed by atoms with van der Waals surface area (Å²) in [5.74, 6) is -0.110. The van der Waals surface area contributed by atoms with Crippen LogP contribution in [0.2, 0.25) is 0 Å². The van der Waals surface area contributed by atoms with Crippen molar-refractivity contribution < 1.29 is 9.90 Å². The number of aromatic carboxylic acids is 1. The molecule has 3 aromatic carbocycles. The summed E-state index contributed by atoms with van der Waals surface area (Å²) in [4.78, 5) is 13.8. The number of hydrogen-bond donors (Lipinski definition) is 1. The zero-order valence-corrected chi connectivity index (χ0v) is 18.0. The van der Waals surface area contributed by atoms with Crippen molar-refractivity contribution in [1.29, 1.82) is 0 Å². The first-order chi connectivity index (χ1) is 15.2. The van der Waals surface area contributed by atoms with Crippen LogP contribution in [0.4, 0.5) is 0 Å². The third-order valence-electron chi connectivity index (χ3n) is 6.34. The summed E-state index contributed by atoms with van der Waals surface area (Å²) in [6, 6.07) is 26.5. The van der Waals surface area contributed by atoms with Crippen molar-refractivity contribution in [3.8, 4) is 11.1 Å². The van der Waals surface area contributed by atoms with Crippen LogP contribution in [0.15, 0.2) is 78.9 Å². The highest BCUT2D eigenvalue weighted by atomic mass is 16.4. The molecule has 0 spiro atoms. The second-order valence-corrected chi connectivity index (χ2v) is 8.70. The molecule has 1 N–H and O–H groups in total. The second-order valence-electron chi connectivity index (χ2n) is 8.70. The maximum atomic E-state index is 11.2. The van der Waals surface area contributed by atoms with Gasteiger partial charge in [0.2, 0.25) is 0 Å². The molecule has 0 atom stereocenters. The van der Waals surface area contributed by atoms with Crippen molar-refractivity contribution in [2.45, 2.75) is 45.2 Å². The summed E-state index contributed by atoms with van der Waals surface area (Å²) in [5.41, 5.74) is 5.21. The monoisotopic (exact) mass is 413 g/mol. The predicted molar refractivity (Wildman–Crippen MR) is 126 cm³/mol. The average molecular weight is 414 g/mol. The molecule has 1 aliphatic rings. The van der Waals surface area contributed by atoms with E-state index in [2.05, 4.69) is 59.5 Å². The van der Waals surface area contributed by atoms with E-state index in [1.165, 1.54) is 48.8 Å². The lowest BCUT2D eigenvalue weighted by Gasteiger charge is -2.30. The SMILES string of the molecule is O=C(O)c1ccc(-c2ccccc2CN(Cc2ccccc2)CC2CCCCC2)cc1. The number of carboxylic acids is 1. The van der Waals surface area contributed by atoms with Crippen LogP contribution in [0.5, 0.6) is 0 Å². The van der Waals surface area contributed by atoms with Gasteiger partial charge in [-0.15, -0.1) is 0 Å². The van der Waals surface area contributed by atoms with Crippen LogP contribution in [0.3, 0.4) is 0 Å². The van der Waals surface area contributed by atoms with E-state index < -0.39 is 5.97 Å². The minimum absolute atomic E-state index is 0.323. The highest BCUT2D eigenvalue weighted by Crippen LogP contribution is 2.29. The minimum atomic E-state index is -0.888. The van der Waals surface area contributed by atoms with Gasteiger partial charge in [-0.25, -0.2) is 4.79 Å². The molecule has 0 bridgehead atoms.